The third kappa shape index (κ3) is 2.35. The standard InChI is InChI=1S/C17H15NO4/c1-22-12-8-6-11(7-9-12)15(19)10-18-16(20)13-4-2-3-5-14(13)17(18)21/h2-9,15,19H,10H2,1H3. The lowest BCUT2D eigenvalue weighted by Crippen LogP contribution is -2.33. The smallest absolute Gasteiger partial charge is 0.261 e. The van der Waals surface area contributed by atoms with Gasteiger partial charge in [0.05, 0.1) is 30.9 Å². The Balaban J connectivity index is 1.79. The molecule has 0 bridgehead atoms. The van der Waals surface area contributed by atoms with E-state index in [1.54, 1.807) is 55.6 Å². The van der Waals surface area contributed by atoms with E-state index in [0.29, 0.717) is 22.4 Å². The van der Waals surface area contributed by atoms with Crippen molar-refractivity contribution in [1.82, 2.24) is 4.90 Å². The monoisotopic (exact) mass is 297 g/mol. The number of aliphatic hydroxyl groups excluding tert-OH is 1. The average molecular weight is 297 g/mol. The number of β-amino-alcohol motifs (C(OH)–C–C–N with tert-alkyl or cyclic N) is 1. The minimum absolute atomic E-state index is 0.0708. The van der Waals surface area contributed by atoms with Crippen molar-refractivity contribution in [2.45, 2.75) is 6.10 Å². The van der Waals surface area contributed by atoms with E-state index in [1.165, 1.54) is 0 Å². The molecule has 0 spiro atoms. The number of ether oxygens (including phenoxy) is 1. The summed E-state index contributed by atoms with van der Waals surface area (Å²) >= 11 is 0. The Kier molecular flexibility index (Phi) is 3.65. The zero-order valence-electron chi connectivity index (χ0n) is 12.0. The molecule has 1 aliphatic heterocycles. The van der Waals surface area contributed by atoms with E-state index in [4.69, 9.17) is 4.74 Å². The fourth-order valence-electron chi connectivity index (χ4n) is 2.51. The van der Waals surface area contributed by atoms with Crippen molar-refractivity contribution in [3.63, 3.8) is 0 Å². The Bertz CT molecular complexity index is 689. The quantitative estimate of drug-likeness (QED) is 0.877. The van der Waals surface area contributed by atoms with Crippen LogP contribution >= 0.6 is 0 Å². The molecule has 0 radical (unpaired) electrons. The molecule has 1 unspecified atom stereocenters. The Hall–Kier alpha value is -2.66. The maximum absolute atomic E-state index is 12.2. The molecule has 0 aliphatic carbocycles. The van der Waals surface area contributed by atoms with Crippen LogP contribution in [0.2, 0.25) is 0 Å². The van der Waals surface area contributed by atoms with Crippen LogP contribution < -0.4 is 4.74 Å². The molecule has 2 aromatic rings. The zero-order chi connectivity index (χ0) is 15.7. The predicted molar refractivity (Wildman–Crippen MR) is 79.8 cm³/mol. The van der Waals surface area contributed by atoms with Crippen LogP contribution in [0.3, 0.4) is 0 Å². The molecule has 112 valence electrons. The highest BCUT2D eigenvalue weighted by Crippen LogP contribution is 2.25. The number of carbonyl (C=O) groups excluding carboxylic acids is 2. The molecular weight excluding hydrogens is 282 g/mol. The molecule has 0 fully saturated rings. The molecule has 1 N–H and O–H groups in total. The number of benzene rings is 2. The van der Waals surface area contributed by atoms with E-state index in [-0.39, 0.29) is 18.4 Å². The molecular formula is C17H15NO4. The van der Waals surface area contributed by atoms with Gasteiger partial charge in [-0.3, -0.25) is 14.5 Å². The molecule has 0 saturated heterocycles. The van der Waals surface area contributed by atoms with Crippen molar-refractivity contribution in [3.05, 3.63) is 65.2 Å². The van der Waals surface area contributed by atoms with Crippen LogP contribution in [0.15, 0.2) is 48.5 Å². The Morgan fingerprint density at radius 3 is 2.05 bits per heavy atom. The van der Waals surface area contributed by atoms with E-state index < -0.39 is 6.10 Å². The van der Waals surface area contributed by atoms with Gasteiger partial charge in [-0.2, -0.15) is 0 Å². The number of fused-ring (bicyclic) bond motifs is 1. The van der Waals surface area contributed by atoms with Gasteiger partial charge in [0.2, 0.25) is 0 Å². The molecule has 0 aromatic heterocycles. The minimum Gasteiger partial charge on any atom is -0.497 e. The first kappa shape index (κ1) is 14.3. The first-order valence-corrected chi connectivity index (χ1v) is 6.89. The second-order valence-corrected chi connectivity index (χ2v) is 5.06. The molecule has 0 saturated carbocycles. The molecule has 2 aromatic carbocycles. The van der Waals surface area contributed by atoms with Gasteiger partial charge in [-0.15, -0.1) is 0 Å². The lowest BCUT2D eigenvalue weighted by Gasteiger charge is -2.19. The zero-order valence-corrected chi connectivity index (χ0v) is 12.0. The molecule has 22 heavy (non-hydrogen) atoms. The van der Waals surface area contributed by atoms with Crippen LogP contribution in [0, 0.1) is 0 Å². The number of methoxy groups -OCH3 is 1. The summed E-state index contributed by atoms with van der Waals surface area (Å²) < 4.78 is 5.06. The molecule has 1 atom stereocenters. The summed E-state index contributed by atoms with van der Waals surface area (Å²) in [6, 6.07) is 13.5. The molecule has 3 rings (SSSR count). The second-order valence-electron chi connectivity index (χ2n) is 5.06. The van der Waals surface area contributed by atoms with Crippen LogP contribution in [-0.4, -0.2) is 35.5 Å². The van der Waals surface area contributed by atoms with Crippen LogP contribution in [0.25, 0.3) is 0 Å². The van der Waals surface area contributed by atoms with Crippen molar-refractivity contribution in [2.75, 3.05) is 13.7 Å². The lowest BCUT2D eigenvalue weighted by atomic mass is 10.1. The van der Waals surface area contributed by atoms with Crippen LogP contribution in [0.4, 0.5) is 0 Å². The van der Waals surface area contributed by atoms with Gasteiger partial charge in [0.1, 0.15) is 5.75 Å². The fourth-order valence-corrected chi connectivity index (χ4v) is 2.51. The van der Waals surface area contributed by atoms with Gasteiger partial charge in [-0.05, 0) is 29.8 Å². The Morgan fingerprint density at radius 2 is 1.55 bits per heavy atom. The maximum atomic E-state index is 12.2. The summed E-state index contributed by atoms with van der Waals surface area (Å²) in [5.41, 5.74) is 1.39. The number of aliphatic hydroxyl groups is 1. The SMILES string of the molecule is COc1ccc(C(O)CN2C(=O)c3ccccc3C2=O)cc1. The van der Waals surface area contributed by atoms with Gasteiger partial charge >= 0.3 is 0 Å². The summed E-state index contributed by atoms with van der Waals surface area (Å²) in [5.74, 6) is -0.0574. The fraction of sp³-hybridized carbons (Fsp3) is 0.176. The first-order chi connectivity index (χ1) is 10.6. The number of amides is 2. The van der Waals surface area contributed by atoms with E-state index in [0.717, 1.165) is 4.90 Å². The van der Waals surface area contributed by atoms with Crippen molar-refractivity contribution in [1.29, 1.82) is 0 Å². The van der Waals surface area contributed by atoms with Gasteiger partial charge < -0.3 is 9.84 Å². The van der Waals surface area contributed by atoms with Gasteiger partial charge in [-0.25, -0.2) is 0 Å². The van der Waals surface area contributed by atoms with Crippen LogP contribution in [-0.2, 0) is 0 Å². The number of nitrogens with zero attached hydrogens (tertiary/aromatic N) is 1. The summed E-state index contributed by atoms with van der Waals surface area (Å²) in [7, 11) is 1.56. The van der Waals surface area contributed by atoms with E-state index in [9.17, 15) is 14.7 Å². The Morgan fingerprint density at radius 1 is 1.00 bits per heavy atom. The highest BCUT2D eigenvalue weighted by molar-refractivity contribution is 6.21. The van der Waals surface area contributed by atoms with Gasteiger partial charge in [-0.1, -0.05) is 24.3 Å². The predicted octanol–water partition coefficient (Wildman–Crippen LogP) is 2.02. The maximum Gasteiger partial charge on any atom is 0.261 e. The van der Waals surface area contributed by atoms with E-state index in [1.807, 2.05) is 0 Å². The first-order valence-electron chi connectivity index (χ1n) is 6.89. The van der Waals surface area contributed by atoms with Crippen molar-refractivity contribution in [3.8, 4) is 5.75 Å². The number of carbonyl (C=O) groups is 2. The van der Waals surface area contributed by atoms with Crippen molar-refractivity contribution < 1.29 is 19.4 Å². The van der Waals surface area contributed by atoms with Gasteiger partial charge in [0.25, 0.3) is 11.8 Å². The normalized spacial score (nSPS) is 14.9. The summed E-state index contributed by atoms with van der Waals surface area (Å²) in [6.45, 7) is -0.0708. The number of hydrogen-bond acceptors (Lipinski definition) is 4. The van der Waals surface area contributed by atoms with E-state index in [2.05, 4.69) is 0 Å². The molecule has 1 aliphatic rings. The molecule has 5 heteroatoms. The van der Waals surface area contributed by atoms with Crippen LogP contribution in [0.5, 0.6) is 5.75 Å². The Labute approximate surface area is 127 Å². The average Bonchev–Trinajstić information content (AvgIpc) is 2.80. The number of hydrogen-bond donors (Lipinski definition) is 1. The van der Waals surface area contributed by atoms with Crippen LogP contribution in [0.1, 0.15) is 32.4 Å². The molecule has 5 nitrogen and oxygen atoms in total. The topological polar surface area (TPSA) is 66.8 Å². The largest absolute Gasteiger partial charge is 0.497 e. The second kappa shape index (κ2) is 5.61. The van der Waals surface area contributed by atoms with Crippen molar-refractivity contribution >= 4 is 11.8 Å². The third-order valence-corrected chi connectivity index (χ3v) is 3.73. The van der Waals surface area contributed by atoms with Crippen molar-refractivity contribution in [2.24, 2.45) is 0 Å². The third-order valence-electron chi connectivity index (χ3n) is 3.73. The van der Waals surface area contributed by atoms with E-state index >= 15 is 0 Å². The number of imide groups is 1. The molecule has 1 heterocycles. The lowest BCUT2D eigenvalue weighted by molar-refractivity contribution is 0.0543. The summed E-state index contributed by atoms with van der Waals surface area (Å²) in [5, 5.41) is 10.3. The highest BCUT2D eigenvalue weighted by Gasteiger charge is 2.36. The minimum atomic E-state index is -0.937. The molecule has 2 amide bonds. The van der Waals surface area contributed by atoms with Gasteiger partial charge in [0, 0.05) is 0 Å². The highest BCUT2D eigenvalue weighted by atomic mass is 16.5. The number of rotatable bonds is 4. The summed E-state index contributed by atoms with van der Waals surface area (Å²) in [6.07, 6.45) is -0.937. The summed E-state index contributed by atoms with van der Waals surface area (Å²) in [4.78, 5) is 25.6. The van der Waals surface area contributed by atoms with Gasteiger partial charge in [0.15, 0.2) is 0 Å².